The van der Waals surface area contributed by atoms with Gasteiger partial charge in [0.1, 0.15) is 0 Å². The molecular formula is C24H46. The molecule has 3 aliphatic carbocycles. The third-order valence-electron chi connectivity index (χ3n) is 8.61. The van der Waals surface area contributed by atoms with E-state index in [0.717, 1.165) is 23.7 Å². The van der Waals surface area contributed by atoms with Crippen molar-refractivity contribution in [1.82, 2.24) is 0 Å². The molecule has 3 fully saturated rings. The summed E-state index contributed by atoms with van der Waals surface area (Å²) in [4.78, 5) is 0. The fraction of sp³-hybridized carbons (Fsp3) is 1.00. The zero-order chi connectivity index (χ0) is 17.8. The van der Waals surface area contributed by atoms with Crippen LogP contribution in [0.3, 0.4) is 0 Å². The van der Waals surface area contributed by atoms with E-state index in [1.165, 1.54) is 51.4 Å². The standard InChI is InChI=1S/C22H40.C2H6/c1-5-14-22(4)18(6-2)12-13-20(22)17-10-11-19-9-7-8-15-21(19,3)16-17;1-2/h17-20H,5-16H2,1-4H3;1-2H3. The fourth-order valence-corrected chi connectivity index (χ4v) is 7.41. The Bertz CT molecular complexity index is 372. The summed E-state index contributed by atoms with van der Waals surface area (Å²) in [5.74, 6) is 4.16. The van der Waals surface area contributed by atoms with Gasteiger partial charge in [0.15, 0.2) is 0 Å². The minimum atomic E-state index is 0.659. The maximum atomic E-state index is 2.68. The highest BCUT2D eigenvalue weighted by molar-refractivity contribution is 5.01. The van der Waals surface area contributed by atoms with E-state index >= 15 is 0 Å². The number of rotatable bonds is 4. The Labute approximate surface area is 153 Å². The Balaban J connectivity index is 0.00000100. The van der Waals surface area contributed by atoms with E-state index in [9.17, 15) is 0 Å². The van der Waals surface area contributed by atoms with Crippen LogP contribution < -0.4 is 0 Å². The van der Waals surface area contributed by atoms with Crippen molar-refractivity contribution in [2.24, 2.45) is 34.5 Å². The lowest BCUT2D eigenvalue weighted by molar-refractivity contribution is -0.0149. The Hall–Kier alpha value is 0. The Kier molecular flexibility index (Phi) is 7.27. The number of fused-ring (bicyclic) bond motifs is 1. The summed E-state index contributed by atoms with van der Waals surface area (Å²) in [7, 11) is 0. The highest BCUT2D eigenvalue weighted by Crippen LogP contribution is 2.61. The monoisotopic (exact) mass is 334 g/mol. The zero-order valence-corrected chi connectivity index (χ0v) is 17.8. The Morgan fingerprint density at radius 2 is 1.62 bits per heavy atom. The van der Waals surface area contributed by atoms with E-state index in [0.29, 0.717) is 10.8 Å². The van der Waals surface area contributed by atoms with Crippen LogP contribution in [-0.2, 0) is 0 Å². The second kappa shape index (κ2) is 8.59. The molecule has 0 heteroatoms. The van der Waals surface area contributed by atoms with Crippen molar-refractivity contribution in [3.8, 4) is 0 Å². The smallest absolute Gasteiger partial charge is 0.0267 e. The molecule has 3 aliphatic rings. The Morgan fingerprint density at radius 1 is 0.875 bits per heavy atom. The minimum absolute atomic E-state index is 0.659. The molecule has 0 nitrogen and oxygen atoms in total. The Morgan fingerprint density at radius 3 is 2.29 bits per heavy atom. The first-order chi connectivity index (χ1) is 11.5. The molecule has 0 N–H and O–H groups in total. The van der Waals surface area contributed by atoms with Crippen LogP contribution in [0.1, 0.15) is 119 Å². The van der Waals surface area contributed by atoms with Gasteiger partial charge in [0.25, 0.3) is 0 Å². The van der Waals surface area contributed by atoms with E-state index in [1.54, 1.807) is 25.7 Å². The van der Waals surface area contributed by atoms with Crippen LogP contribution in [0.2, 0.25) is 0 Å². The zero-order valence-electron chi connectivity index (χ0n) is 17.8. The van der Waals surface area contributed by atoms with Gasteiger partial charge in [-0.15, -0.1) is 0 Å². The van der Waals surface area contributed by atoms with Gasteiger partial charge in [-0.25, -0.2) is 0 Å². The van der Waals surface area contributed by atoms with Crippen LogP contribution in [0, 0.1) is 34.5 Å². The van der Waals surface area contributed by atoms with Crippen molar-refractivity contribution >= 4 is 0 Å². The first-order valence-electron chi connectivity index (χ1n) is 11.5. The molecule has 6 unspecified atom stereocenters. The van der Waals surface area contributed by atoms with E-state index in [1.807, 2.05) is 13.8 Å². The summed E-state index contributed by atoms with van der Waals surface area (Å²) in [5.41, 5.74) is 1.37. The molecule has 0 aromatic carbocycles. The third kappa shape index (κ3) is 3.73. The van der Waals surface area contributed by atoms with Gasteiger partial charge in [0, 0.05) is 0 Å². The molecule has 3 rings (SSSR count). The molecule has 0 spiro atoms. The lowest BCUT2D eigenvalue weighted by Crippen LogP contribution is -2.42. The van der Waals surface area contributed by atoms with Gasteiger partial charge in [-0.2, -0.15) is 0 Å². The summed E-state index contributed by atoms with van der Waals surface area (Å²) in [6, 6.07) is 0. The van der Waals surface area contributed by atoms with Crippen LogP contribution in [0.15, 0.2) is 0 Å². The summed E-state index contributed by atoms with van der Waals surface area (Å²) in [6.07, 6.45) is 18.1. The maximum absolute atomic E-state index is 2.68. The topological polar surface area (TPSA) is 0 Å². The summed E-state index contributed by atoms with van der Waals surface area (Å²) >= 11 is 0. The van der Waals surface area contributed by atoms with Crippen molar-refractivity contribution in [3.05, 3.63) is 0 Å². The molecule has 0 bridgehead atoms. The second-order valence-electron chi connectivity index (χ2n) is 9.68. The molecule has 0 amide bonds. The predicted octanol–water partition coefficient (Wildman–Crippen LogP) is 8.25. The van der Waals surface area contributed by atoms with Crippen molar-refractivity contribution in [3.63, 3.8) is 0 Å². The van der Waals surface area contributed by atoms with Gasteiger partial charge < -0.3 is 0 Å². The molecule has 0 radical (unpaired) electrons. The number of hydrogen-bond donors (Lipinski definition) is 0. The SMILES string of the molecule is CC.CCCC1(C)C(CC)CCC1C1CCC2CCCCC2(C)C1. The van der Waals surface area contributed by atoms with Crippen LogP contribution in [0.25, 0.3) is 0 Å². The normalized spacial score (nSPS) is 45.2. The minimum Gasteiger partial charge on any atom is -0.0683 e. The molecule has 0 aliphatic heterocycles. The fourth-order valence-electron chi connectivity index (χ4n) is 7.41. The molecule has 0 aromatic rings. The van der Waals surface area contributed by atoms with Crippen molar-refractivity contribution < 1.29 is 0 Å². The average Bonchev–Trinajstić information content (AvgIpc) is 2.92. The first kappa shape index (κ1) is 20.3. The third-order valence-corrected chi connectivity index (χ3v) is 8.61. The molecule has 6 atom stereocenters. The van der Waals surface area contributed by atoms with Crippen molar-refractivity contribution in [1.29, 1.82) is 0 Å². The highest BCUT2D eigenvalue weighted by atomic mass is 14.6. The summed E-state index contributed by atoms with van der Waals surface area (Å²) in [5, 5.41) is 0. The van der Waals surface area contributed by atoms with Gasteiger partial charge in [0.05, 0.1) is 0 Å². The lowest BCUT2D eigenvalue weighted by atomic mass is 9.53. The lowest BCUT2D eigenvalue weighted by Gasteiger charge is -2.52. The van der Waals surface area contributed by atoms with Gasteiger partial charge in [-0.3, -0.25) is 0 Å². The van der Waals surface area contributed by atoms with Crippen LogP contribution >= 0.6 is 0 Å². The van der Waals surface area contributed by atoms with Crippen molar-refractivity contribution in [2.75, 3.05) is 0 Å². The quantitative estimate of drug-likeness (QED) is 0.485. The molecule has 0 saturated heterocycles. The first-order valence-corrected chi connectivity index (χ1v) is 11.5. The van der Waals surface area contributed by atoms with Gasteiger partial charge in [0.2, 0.25) is 0 Å². The van der Waals surface area contributed by atoms with E-state index < -0.39 is 0 Å². The molecule has 0 heterocycles. The van der Waals surface area contributed by atoms with Gasteiger partial charge in [-0.1, -0.05) is 67.2 Å². The largest absolute Gasteiger partial charge is 0.0683 e. The van der Waals surface area contributed by atoms with Crippen molar-refractivity contribution in [2.45, 2.75) is 119 Å². The maximum Gasteiger partial charge on any atom is -0.0267 e. The van der Waals surface area contributed by atoms with E-state index in [2.05, 4.69) is 27.7 Å². The van der Waals surface area contributed by atoms with Gasteiger partial charge in [-0.05, 0) is 85.9 Å². The summed E-state index contributed by atoms with van der Waals surface area (Å²) < 4.78 is 0. The van der Waals surface area contributed by atoms with Crippen LogP contribution in [0.4, 0.5) is 0 Å². The van der Waals surface area contributed by atoms with Gasteiger partial charge >= 0.3 is 0 Å². The molecule has 142 valence electrons. The van der Waals surface area contributed by atoms with Crippen LogP contribution in [-0.4, -0.2) is 0 Å². The van der Waals surface area contributed by atoms with Crippen LogP contribution in [0.5, 0.6) is 0 Å². The second-order valence-corrected chi connectivity index (χ2v) is 9.68. The number of hydrogen-bond acceptors (Lipinski definition) is 0. The summed E-state index contributed by atoms with van der Waals surface area (Å²) in [6.45, 7) is 14.2. The highest BCUT2D eigenvalue weighted by Gasteiger charge is 2.51. The molecule has 24 heavy (non-hydrogen) atoms. The molecular weight excluding hydrogens is 288 g/mol. The molecule has 3 saturated carbocycles. The predicted molar refractivity (Wildman–Crippen MR) is 108 cm³/mol. The van der Waals surface area contributed by atoms with E-state index in [-0.39, 0.29) is 0 Å². The van der Waals surface area contributed by atoms with E-state index in [4.69, 9.17) is 0 Å². The molecule has 0 aromatic heterocycles. The average molecular weight is 335 g/mol.